The van der Waals surface area contributed by atoms with Crippen LogP contribution in [0.15, 0.2) is 39.3 Å². The van der Waals surface area contributed by atoms with Crippen molar-refractivity contribution < 1.29 is 14.1 Å². The number of ether oxygens (including phenoxy) is 1. The van der Waals surface area contributed by atoms with Crippen LogP contribution in [0.5, 0.6) is 11.5 Å². The van der Waals surface area contributed by atoms with Crippen molar-refractivity contribution in [1.82, 2.24) is 0 Å². The molecule has 0 saturated heterocycles. The zero-order chi connectivity index (χ0) is 14.9. The number of aryl methyl sites for hydroxylation is 1. The first-order valence-electron chi connectivity index (χ1n) is 5.46. The van der Waals surface area contributed by atoms with Crippen LogP contribution in [0, 0.1) is 22.9 Å². The molecule has 0 heterocycles. The Morgan fingerprint density at radius 1 is 1.20 bits per heavy atom. The lowest BCUT2D eigenvalue weighted by Crippen LogP contribution is -1.96. The third kappa shape index (κ3) is 3.16. The number of benzene rings is 2. The van der Waals surface area contributed by atoms with E-state index in [1.54, 1.807) is 19.1 Å². The Morgan fingerprint density at radius 3 is 2.55 bits per heavy atom. The molecule has 0 aliphatic heterocycles. The monoisotopic (exact) mass is 403 g/mol. The highest BCUT2D eigenvalue weighted by atomic mass is 79.9. The molecule has 0 N–H and O–H groups in total. The molecule has 0 aliphatic carbocycles. The summed E-state index contributed by atoms with van der Waals surface area (Å²) in [6, 6.07) is 7.35. The predicted octanol–water partition coefficient (Wildman–Crippen LogP) is 5.36. The molecule has 4 nitrogen and oxygen atoms in total. The Bertz CT molecular complexity index is 692. The molecule has 0 spiro atoms. The first-order valence-corrected chi connectivity index (χ1v) is 7.04. The summed E-state index contributed by atoms with van der Waals surface area (Å²) in [6.07, 6.45) is 0. The van der Waals surface area contributed by atoms with Gasteiger partial charge in [0.25, 0.3) is 0 Å². The summed E-state index contributed by atoms with van der Waals surface area (Å²) in [7, 11) is 0. The first-order chi connectivity index (χ1) is 9.38. The molecule has 2 aromatic carbocycles. The van der Waals surface area contributed by atoms with Crippen molar-refractivity contribution in [3.63, 3.8) is 0 Å². The van der Waals surface area contributed by atoms with Crippen LogP contribution < -0.4 is 4.74 Å². The van der Waals surface area contributed by atoms with Crippen LogP contribution in [0.2, 0.25) is 0 Å². The van der Waals surface area contributed by atoms with Crippen LogP contribution in [0.1, 0.15) is 5.56 Å². The van der Waals surface area contributed by atoms with Gasteiger partial charge in [0.1, 0.15) is 11.6 Å². The fraction of sp³-hybridized carbons (Fsp3) is 0.0769. The summed E-state index contributed by atoms with van der Waals surface area (Å²) in [4.78, 5) is 10.4. The van der Waals surface area contributed by atoms with Gasteiger partial charge in [0.2, 0.25) is 5.75 Å². The molecule has 0 bridgehead atoms. The normalized spacial score (nSPS) is 10.4. The third-order valence-corrected chi connectivity index (χ3v) is 3.67. The maximum Gasteiger partial charge on any atom is 0.312 e. The van der Waals surface area contributed by atoms with Gasteiger partial charge in [-0.25, -0.2) is 4.39 Å². The molecule has 0 unspecified atom stereocenters. The number of rotatable bonds is 3. The van der Waals surface area contributed by atoms with Gasteiger partial charge in [0, 0.05) is 16.6 Å². The minimum atomic E-state index is -0.627. The summed E-state index contributed by atoms with van der Waals surface area (Å²) in [5.41, 5.74) is 0.475. The fourth-order valence-electron chi connectivity index (χ4n) is 1.54. The van der Waals surface area contributed by atoms with Crippen LogP contribution in [0.25, 0.3) is 0 Å². The maximum absolute atomic E-state index is 13.5. The molecule has 2 rings (SSSR count). The fourth-order valence-corrected chi connectivity index (χ4v) is 2.22. The van der Waals surface area contributed by atoms with Crippen molar-refractivity contribution in [2.75, 3.05) is 0 Å². The largest absolute Gasteiger partial charge is 0.450 e. The van der Waals surface area contributed by atoms with Crippen molar-refractivity contribution in [1.29, 1.82) is 0 Å². The van der Waals surface area contributed by atoms with Crippen molar-refractivity contribution in [3.8, 4) is 11.5 Å². The van der Waals surface area contributed by atoms with Gasteiger partial charge in [0.15, 0.2) is 0 Å². The van der Waals surface area contributed by atoms with E-state index in [-0.39, 0.29) is 15.9 Å². The highest BCUT2D eigenvalue weighted by molar-refractivity contribution is 9.10. The van der Waals surface area contributed by atoms with Gasteiger partial charge in [-0.3, -0.25) is 10.1 Å². The van der Waals surface area contributed by atoms with Gasteiger partial charge in [-0.05, 0) is 40.5 Å². The summed E-state index contributed by atoms with van der Waals surface area (Å²) in [5, 5.41) is 11.0. The molecular weight excluding hydrogens is 397 g/mol. The van der Waals surface area contributed by atoms with Gasteiger partial charge in [-0.1, -0.05) is 22.0 Å². The molecule has 0 atom stereocenters. The Labute approximate surface area is 131 Å². The molecule has 0 amide bonds. The number of nitro groups is 1. The van der Waals surface area contributed by atoms with E-state index >= 15 is 0 Å². The highest BCUT2D eigenvalue weighted by Crippen LogP contribution is 2.37. The zero-order valence-electron chi connectivity index (χ0n) is 10.2. The van der Waals surface area contributed by atoms with Crippen molar-refractivity contribution >= 4 is 37.5 Å². The van der Waals surface area contributed by atoms with E-state index in [0.717, 1.165) is 22.2 Å². The number of nitro benzene ring substituents is 1. The van der Waals surface area contributed by atoms with E-state index < -0.39 is 10.7 Å². The van der Waals surface area contributed by atoms with Crippen molar-refractivity contribution in [2.24, 2.45) is 0 Å². The maximum atomic E-state index is 13.5. The summed E-state index contributed by atoms with van der Waals surface area (Å²) >= 11 is 6.21. The molecule has 0 aliphatic rings. The van der Waals surface area contributed by atoms with Crippen LogP contribution in [0.4, 0.5) is 10.1 Å². The lowest BCUT2D eigenvalue weighted by Gasteiger charge is -2.10. The number of halogens is 3. The van der Waals surface area contributed by atoms with Gasteiger partial charge in [0.05, 0.1) is 9.40 Å². The Hall–Kier alpha value is -1.47. The third-order valence-electron chi connectivity index (χ3n) is 2.57. The van der Waals surface area contributed by atoms with E-state index in [9.17, 15) is 14.5 Å². The molecule has 0 radical (unpaired) electrons. The number of nitrogens with zero attached hydrogens (tertiary/aromatic N) is 1. The zero-order valence-corrected chi connectivity index (χ0v) is 13.4. The Balaban J connectivity index is 2.50. The molecule has 0 saturated carbocycles. The molecule has 0 aromatic heterocycles. The van der Waals surface area contributed by atoms with E-state index in [1.165, 1.54) is 0 Å². The topological polar surface area (TPSA) is 52.4 Å². The average molecular weight is 405 g/mol. The average Bonchev–Trinajstić information content (AvgIpc) is 2.37. The van der Waals surface area contributed by atoms with Crippen LogP contribution in [0.3, 0.4) is 0 Å². The van der Waals surface area contributed by atoms with Crippen molar-refractivity contribution in [3.05, 3.63) is 60.8 Å². The summed E-state index contributed by atoms with van der Waals surface area (Å²) < 4.78 is 19.8. The predicted molar refractivity (Wildman–Crippen MR) is 79.7 cm³/mol. The summed E-state index contributed by atoms with van der Waals surface area (Å²) in [6.45, 7) is 1.79. The van der Waals surface area contributed by atoms with Gasteiger partial charge in [-0.2, -0.15) is 0 Å². The van der Waals surface area contributed by atoms with Gasteiger partial charge in [-0.15, -0.1) is 0 Å². The molecule has 104 valence electrons. The quantitative estimate of drug-likeness (QED) is 0.511. The highest BCUT2D eigenvalue weighted by Gasteiger charge is 2.20. The van der Waals surface area contributed by atoms with Crippen molar-refractivity contribution in [2.45, 2.75) is 6.92 Å². The standard InChI is InChI=1S/C13H8Br2FNO3/c1-7-2-3-8(14)4-12(7)20-13-6-10(16)9(15)5-11(13)17(18)19/h2-6H,1H3. The van der Waals surface area contributed by atoms with E-state index in [1.807, 2.05) is 6.07 Å². The minimum absolute atomic E-state index is 0.0162. The molecular formula is C13H8Br2FNO3. The Morgan fingerprint density at radius 2 is 1.90 bits per heavy atom. The smallest absolute Gasteiger partial charge is 0.312 e. The SMILES string of the molecule is Cc1ccc(Br)cc1Oc1cc(F)c(Br)cc1[N+](=O)[O-]. The Kier molecular flexibility index (Phi) is 4.39. The molecule has 0 fully saturated rings. The van der Waals surface area contributed by atoms with E-state index in [2.05, 4.69) is 31.9 Å². The number of hydrogen-bond donors (Lipinski definition) is 0. The van der Waals surface area contributed by atoms with E-state index in [4.69, 9.17) is 4.74 Å². The number of hydrogen-bond acceptors (Lipinski definition) is 3. The molecule has 2 aromatic rings. The van der Waals surface area contributed by atoms with Gasteiger partial charge >= 0.3 is 5.69 Å². The van der Waals surface area contributed by atoms with Crippen LogP contribution in [-0.4, -0.2) is 4.92 Å². The first kappa shape index (κ1) is 14.9. The lowest BCUT2D eigenvalue weighted by atomic mass is 10.2. The molecule has 20 heavy (non-hydrogen) atoms. The van der Waals surface area contributed by atoms with Crippen LogP contribution in [-0.2, 0) is 0 Å². The summed E-state index contributed by atoms with van der Waals surface area (Å²) in [5.74, 6) is -0.348. The van der Waals surface area contributed by atoms with Crippen LogP contribution >= 0.6 is 31.9 Å². The van der Waals surface area contributed by atoms with E-state index in [0.29, 0.717) is 5.75 Å². The second kappa shape index (κ2) is 5.88. The second-order valence-electron chi connectivity index (χ2n) is 4.00. The second-order valence-corrected chi connectivity index (χ2v) is 5.77. The minimum Gasteiger partial charge on any atom is -0.450 e. The van der Waals surface area contributed by atoms with Gasteiger partial charge < -0.3 is 4.74 Å². The lowest BCUT2D eigenvalue weighted by molar-refractivity contribution is -0.385. The molecule has 7 heteroatoms.